The highest BCUT2D eigenvalue weighted by molar-refractivity contribution is 9.09. The molecule has 0 heterocycles. The fourth-order valence-corrected chi connectivity index (χ4v) is 2.11. The summed E-state index contributed by atoms with van der Waals surface area (Å²) < 4.78 is 0. The van der Waals surface area contributed by atoms with Crippen LogP contribution in [-0.2, 0) is 5.33 Å². The molecule has 0 fully saturated rings. The first-order valence-corrected chi connectivity index (χ1v) is 6.74. The van der Waals surface area contributed by atoms with Crippen molar-refractivity contribution >= 4 is 49.2 Å². The number of carbonyl (C=O) groups excluding carboxylic acids is 1. The number of carbonyl (C=O) groups is 1. The third-order valence-electron chi connectivity index (χ3n) is 1.81. The SMILES string of the molecule is O=C(CCBr)c1ccc(CBr)cc1Cl. The van der Waals surface area contributed by atoms with E-state index in [1.807, 2.05) is 12.1 Å². The van der Waals surface area contributed by atoms with E-state index in [9.17, 15) is 4.79 Å². The van der Waals surface area contributed by atoms with Gasteiger partial charge < -0.3 is 0 Å². The molecule has 0 unspecified atom stereocenters. The summed E-state index contributed by atoms with van der Waals surface area (Å²) in [6.07, 6.45) is 0.480. The molecule has 0 aliphatic heterocycles. The predicted molar refractivity (Wildman–Crippen MR) is 66.8 cm³/mol. The van der Waals surface area contributed by atoms with Gasteiger partial charge in [-0.3, -0.25) is 4.79 Å². The van der Waals surface area contributed by atoms with Crippen molar-refractivity contribution in [2.45, 2.75) is 11.8 Å². The zero-order valence-corrected chi connectivity index (χ0v) is 11.3. The van der Waals surface area contributed by atoms with Crippen LogP contribution in [0.2, 0.25) is 5.02 Å². The van der Waals surface area contributed by atoms with Crippen LogP contribution < -0.4 is 0 Å². The Bertz CT molecular complexity index is 339. The van der Waals surface area contributed by atoms with E-state index >= 15 is 0 Å². The molecule has 1 aromatic rings. The van der Waals surface area contributed by atoms with Crippen molar-refractivity contribution in [1.82, 2.24) is 0 Å². The summed E-state index contributed by atoms with van der Waals surface area (Å²) in [5.41, 5.74) is 1.68. The summed E-state index contributed by atoms with van der Waals surface area (Å²) >= 11 is 12.5. The standard InChI is InChI=1S/C10H9Br2ClO/c11-4-3-10(14)8-2-1-7(6-12)5-9(8)13/h1-2,5H,3-4,6H2. The molecule has 4 heteroatoms. The van der Waals surface area contributed by atoms with Gasteiger partial charge in [-0.15, -0.1) is 0 Å². The van der Waals surface area contributed by atoms with Gasteiger partial charge in [-0.25, -0.2) is 0 Å². The number of hydrogen-bond donors (Lipinski definition) is 0. The molecule has 1 nitrogen and oxygen atoms in total. The molecule has 14 heavy (non-hydrogen) atoms. The zero-order chi connectivity index (χ0) is 10.6. The van der Waals surface area contributed by atoms with Gasteiger partial charge in [0.25, 0.3) is 0 Å². The second-order valence-electron chi connectivity index (χ2n) is 2.81. The van der Waals surface area contributed by atoms with Crippen molar-refractivity contribution in [2.24, 2.45) is 0 Å². The molecule has 0 atom stereocenters. The van der Waals surface area contributed by atoms with E-state index < -0.39 is 0 Å². The third-order valence-corrected chi connectivity index (χ3v) is 3.17. The minimum atomic E-state index is 0.0768. The lowest BCUT2D eigenvalue weighted by Gasteiger charge is -2.03. The number of halogens is 3. The summed E-state index contributed by atoms with van der Waals surface area (Å²) in [4.78, 5) is 11.5. The topological polar surface area (TPSA) is 17.1 Å². The summed E-state index contributed by atoms with van der Waals surface area (Å²) in [6, 6.07) is 5.50. The lowest BCUT2D eigenvalue weighted by atomic mass is 10.1. The molecule has 1 rings (SSSR count). The highest BCUT2D eigenvalue weighted by Gasteiger charge is 2.09. The Morgan fingerprint density at radius 1 is 1.36 bits per heavy atom. The number of alkyl halides is 2. The number of benzene rings is 1. The molecule has 76 valence electrons. The number of Topliss-reactive ketones (excluding diaryl/α,β-unsaturated/α-hetero) is 1. The van der Waals surface area contributed by atoms with Crippen molar-refractivity contribution in [3.8, 4) is 0 Å². The van der Waals surface area contributed by atoms with E-state index in [1.54, 1.807) is 6.07 Å². The Morgan fingerprint density at radius 3 is 2.57 bits per heavy atom. The van der Waals surface area contributed by atoms with Gasteiger partial charge in [0.1, 0.15) is 0 Å². The second kappa shape index (κ2) is 5.89. The number of ketones is 1. The molecule has 0 aliphatic carbocycles. The summed E-state index contributed by atoms with van der Waals surface area (Å²) in [6.45, 7) is 0. The van der Waals surface area contributed by atoms with Crippen LogP contribution in [0.4, 0.5) is 0 Å². The molecule has 0 radical (unpaired) electrons. The second-order valence-corrected chi connectivity index (χ2v) is 4.57. The van der Waals surface area contributed by atoms with Crippen molar-refractivity contribution in [3.63, 3.8) is 0 Å². The van der Waals surface area contributed by atoms with Crippen LogP contribution in [0.15, 0.2) is 18.2 Å². The average Bonchev–Trinajstić information content (AvgIpc) is 2.17. The van der Waals surface area contributed by atoms with Crippen molar-refractivity contribution < 1.29 is 4.79 Å². The smallest absolute Gasteiger partial charge is 0.165 e. The molecule has 0 N–H and O–H groups in total. The van der Waals surface area contributed by atoms with Crippen LogP contribution >= 0.6 is 43.5 Å². The van der Waals surface area contributed by atoms with Crippen molar-refractivity contribution in [3.05, 3.63) is 34.3 Å². The zero-order valence-electron chi connectivity index (χ0n) is 7.40. The summed E-state index contributed by atoms with van der Waals surface area (Å²) in [5, 5.41) is 1.95. The monoisotopic (exact) mass is 338 g/mol. The minimum Gasteiger partial charge on any atom is -0.294 e. The van der Waals surface area contributed by atoms with E-state index in [0.717, 1.165) is 10.9 Å². The lowest BCUT2D eigenvalue weighted by molar-refractivity contribution is 0.0990. The minimum absolute atomic E-state index is 0.0768. The van der Waals surface area contributed by atoms with Crippen LogP contribution in [0.1, 0.15) is 22.3 Å². The molecular formula is C10H9Br2ClO. The Morgan fingerprint density at radius 2 is 2.07 bits per heavy atom. The van der Waals surface area contributed by atoms with Gasteiger partial charge in [-0.1, -0.05) is 49.5 Å². The maximum absolute atomic E-state index is 11.5. The van der Waals surface area contributed by atoms with E-state index in [2.05, 4.69) is 31.9 Å². The van der Waals surface area contributed by atoms with Gasteiger partial charge in [0.2, 0.25) is 0 Å². The first kappa shape index (κ1) is 12.2. The van der Waals surface area contributed by atoms with E-state index in [0.29, 0.717) is 22.3 Å². The fourth-order valence-electron chi connectivity index (χ4n) is 1.09. The van der Waals surface area contributed by atoms with Crippen LogP contribution in [0.25, 0.3) is 0 Å². The Balaban J connectivity index is 2.94. The Kier molecular flexibility index (Phi) is 5.13. The van der Waals surface area contributed by atoms with Crippen molar-refractivity contribution in [1.29, 1.82) is 0 Å². The quantitative estimate of drug-likeness (QED) is 0.593. The fraction of sp³-hybridized carbons (Fsp3) is 0.300. The molecule has 0 aromatic heterocycles. The molecule has 0 spiro atoms. The van der Waals surface area contributed by atoms with Gasteiger partial charge in [0, 0.05) is 22.6 Å². The maximum Gasteiger partial charge on any atom is 0.165 e. The third kappa shape index (κ3) is 3.07. The van der Waals surface area contributed by atoms with Gasteiger partial charge in [0.15, 0.2) is 5.78 Å². The average molecular weight is 340 g/mol. The maximum atomic E-state index is 11.5. The number of hydrogen-bond acceptors (Lipinski definition) is 1. The largest absolute Gasteiger partial charge is 0.294 e. The molecule has 0 aliphatic rings. The van der Waals surface area contributed by atoms with Crippen LogP contribution in [0.5, 0.6) is 0 Å². The lowest BCUT2D eigenvalue weighted by Crippen LogP contribution is -2.00. The van der Waals surface area contributed by atoms with Crippen LogP contribution in [-0.4, -0.2) is 11.1 Å². The van der Waals surface area contributed by atoms with Crippen LogP contribution in [0.3, 0.4) is 0 Å². The number of rotatable bonds is 4. The summed E-state index contributed by atoms with van der Waals surface area (Å²) in [7, 11) is 0. The normalized spacial score (nSPS) is 10.2. The highest BCUT2D eigenvalue weighted by atomic mass is 79.9. The van der Waals surface area contributed by atoms with Gasteiger partial charge in [-0.2, -0.15) is 0 Å². The van der Waals surface area contributed by atoms with E-state index in [1.165, 1.54) is 0 Å². The summed E-state index contributed by atoms with van der Waals surface area (Å²) in [5.74, 6) is 0.0768. The van der Waals surface area contributed by atoms with E-state index in [4.69, 9.17) is 11.6 Å². The molecule has 0 saturated heterocycles. The van der Waals surface area contributed by atoms with Crippen LogP contribution in [0, 0.1) is 0 Å². The van der Waals surface area contributed by atoms with Gasteiger partial charge >= 0.3 is 0 Å². The predicted octanol–water partition coefficient (Wildman–Crippen LogP) is 4.20. The molecular weight excluding hydrogens is 331 g/mol. The first-order chi connectivity index (χ1) is 6.69. The Labute approximate surface area is 105 Å². The highest BCUT2D eigenvalue weighted by Crippen LogP contribution is 2.21. The Hall–Kier alpha value is 0.140. The van der Waals surface area contributed by atoms with Gasteiger partial charge in [0.05, 0.1) is 5.02 Å². The first-order valence-electron chi connectivity index (χ1n) is 4.12. The van der Waals surface area contributed by atoms with Crippen molar-refractivity contribution in [2.75, 3.05) is 5.33 Å². The van der Waals surface area contributed by atoms with Gasteiger partial charge in [-0.05, 0) is 17.7 Å². The van der Waals surface area contributed by atoms with E-state index in [-0.39, 0.29) is 5.78 Å². The molecule has 0 bridgehead atoms. The molecule has 1 aromatic carbocycles. The molecule has 0 amide bonds. The molecule has 0 saturated carbocycles.